The molecular weight excluding hydrogens is 505 g/mol. The standard InChI is InChI=1S/C26H19Cl2N3O5/c1-15-6-9-18(13-21(15)28)29-23(32)14-36-22-5-3-2-4-16(22)12-20-24(33)30-26(35)31(25(20)34)19-10-7-17(27)8-11-19/h2-13H,14H2,1H3,(H,29,32)(H,30,33,35)/b20-12-. The molecule has 3 aromatic carbocycles. The number of barbiturate groups is 1. The van der Waals surface area contributed by atoms with Gasteiger partial charge in [-0.2, -0.15) is 0 Å². The van der Waals surface area contributed by atoms with Crippen LogP contribution in [0.5, 0.6) is 5.75 Å². The Morgan fingerprint density at radius 1 is 1.03 bits per heavy atom. The van der Waals surface area contributed by atoms with Crippen LogP contribution in [-0.4, -0.2) is 30.4 Å². The number of halogens is 2. The van der Waals surface area contributed by atoms with Crippen LogP contribution in [0.1, 0.15) is 11.1 Å². The van der Waals surface area contributed by atoms with Crippen LogP contribution >= 0.6 is 23.2 Å². The number of hydrogen-bond acceptors (Lipinski definition) is 5. The molecule has 0 aliphatic carbocycles. The number of para-hydroxylation sites is 1. The molecule has 0 unspecified atom stereocenters. The first-order valence-corrected chi connectivity index (χ1v) is 11.4. The predicted octanol–water partition coefficient (Wildman–Crippen LogP) is 4.99. The molecule has 0 radical (unpaired) electrons. The summed E-state index contributed by atoms with van der Waals surface area (Å²) in [6.45, 7) is 1.52. The van der Waals surface area contributed by atoms with Crippen molar-refractivity contribution in [2.24, 2.45) is 0 Å². The third kappa shape index (κ3) is 5.56. The Morgan fingerprint density at radius 3 is 2.47 bits per heavy atom. The van der Waals surface area contributed by atoms with Gasteiger partial charge in [0.2, 0.25) is 0 Å². The molecule has 0 aromatic heterocycles. The van der Waals surface area contributed by atoms with Gasteiger partial charge in [-0.1, -0.05) is 47.5 Å². The van der Waals surface area contributed by atoms with E-state index in [1.807, 2.05) is 6.92 Å². The Hall–Kier alpha value is -4.14. The second-order valence-electron chi connectivity index (χ2n) is 7.77. The van der Waals surface area contributed by atoms with Crippen molar-refractivity contribution < 1.29 is 23.9 Å². The largest absolute Gasteiger partial charge is 0.483 e. The van der Waals surface area contributed by atoms with Gasteiger partial charge in [-0.15, -0.1) is 0 Å². The zero-order valence-corrected chi connectivity index (χ0v) is 20.4. The maximum absolute atomic E-state index is 13.1. The highest BCUT2D eigenvalue weighted by atomic mass is 35.5. The van der Waals surface area contributed by atoms with Crippen LogP contribution < -0.4 is 20.3 Å². The molecule has 1 aliphatic heterocycles. The molecule has 1 saturated heterocycles. The third-order valence-electron chi connectivity index (χ3n) is 5.22. The highest BCUT2D eigenvalue weighted by molar-refractivity contribution is 6.39. The van der Waals surface area contributed by atoms with Crippen LogP contribution in [0, 0.1) is 6.92 Å². The zero-order valence-electron chi connectivity index (χ0n) is 18.9. The fourth-order valence-electron chi connectivity index (χ4n) is 3.38. The molecule has 0 bridgehead atoms. The van der Waals surface area contributed by atoms with Gasteiger partial charge in [0, 0.05) is 21.3 Å². The number of nitrogens with one attached hydrogen (secondary N) is 2. The summed E-state index contributed by atoms with van der Waals surface area (Å²) in [6.07, 6.45) is 1.31. The van der Waals surface area contributed by atoms with Gasteiger partial charge in [-0.3, -0.25) is 19.7 Å². The molecule has 1 aliphatic rings. The lowest BCUT2D eigenvalue weighted by Crippen LogP contribution is -2.54. The van der Waals surface area contributed by atoms with Crippen molar-refractivity contribution in [2.45, 2.75) is 6.92 Å². The molecule has 1 heterocycles. The topological polar surface area (TPSA) is 105 Å². The Morgan fingerprint density at radius 2 is 1.75 bits per heavy atom. The number of imide groups is 2. The van der Waals surface area contributed by atoms with E-state index in [2.05, 4.69) is 10.6 Å². The summed E-state index contributed by atoms with van der Waals surface area (Å²) in [7, 11) is 0. The summed E-state index contributed by atoms with van der Waals surface area (Å²) in [5.74, 6) is -1.82. The number of carbonyl (C=O) groups excluding carboxylic acids is 4. The van der Waals surface area contributed by atoms with E-state index in [1.54, 1.807) is 42.5 Å². The second-order valence-corrected chi connectivity index (χ2v) is 8.62. The smallest absolute Gasteiger partial charge is 0.335 e. The molecule has 0 spiro atoms. The van der Waals surface area contributed by atoms with Gasteiger partial charge in [0.15, 0.2) is 6.61 Å². The van der Waals surface area contributed by atoms with Crippen LogP contribution in [0.15, 0.2) is 72.3 Å². The van der Waals surface area contributed by atoms with Gasteiger partial charge in [-0.05, 0) is 61.0 Å². The first kappa shape index (κ1) is 25.0. The predicted molar refractivity (Wildman–Crippen MR) is 137 cm³/mol. The molecule has 1 fully saturated rings. The number of urea groups is 1. The third-order valence-corrected chi connectivity index (χ3v) is 5.88. The fraction of sp³-hybridized carbons (Fsp3) is 0.0769. The maximum Gasteiger partial charge on any atom is 0.335 e. The van der Waals surface area contributed by atoms with E-state index in [-0.39, 0.29) is 23.6 Å². The molecule has 10 heteroatoms. The summed E-state index contributed by atoms with van der Waals surface area (Å²) < 4.78 is 5.66. The van der Waals surface area contributed by atoms with E-state index in [0.717, 1.165) is 10.5 Å². The van der Waals surface area contributed by atoms with Crippen molar-refractivity contribution >= 4 is 64.4 Å². The van der Waals surface area contributed by atoms with Crippen LogP contribution in [-0.2, 0) is 14.4 Å². The van der Waals surface area contributed by atoms with Crippen LogP contribution in [0.3, 0.4) is 0 Å². The van der Waals surface area contributed by atoms with Crippen molar-refractivity contribution in [3.63, 3.8) is 0 Å². The van der Waals surface area contributed by atoms with E-state index in [0.29, 0.717) is 21.3 Å². The average molecular weight is 524 g/mol. The molecule has 8 nitrogen and oxygen atoms in total. The number of hydrogen-bond donors (Lipinski definition) is 2. The summed E-state index contributed by atoms with van der Waals surface area (Å²) >= 11 is 12.0. The number of anilines is 2. The lowest BCUT2D eigenvalue weighted by Gasteiger charge is -2.26. The summed E-state index contributed by atoms with van der Waals surface area (Å²) in [4.78, 5) is 51.2. The summed E-state index contributed by atoms with van der Waals surface area (Å²) in [5.41, 5.74) is 1.74. The van der Waals surface area contributed by atoms with Crippen molar-refractivity contribution in [1.82, 2.24) is 5.32 Å². The monoisotopic (exact) mass is 523 g/mol. The quantitative estimate of drug-likeness (QED) is 0.350. The molecule has 182 valence electrons. The Bertz CT molecular complexity index is 1400. The van der Waals surface area contributed by atoms with Gasteiger partial charge in [0.25, 0.3) is 17.7 Å². The van der Waals surface area contributed by atoms with Gasteiger partial charge in [0.1, 0.15) is 11.3 Å². The molecule has 36 heavy (non-hydrogen) atoms. The van der Waals surface area contributed by atoms with Crippen molar-refractivity contribution in [3.05, 3.63) is 93.5 Å². The summed E-state index contributed by atoms with van der Waals surface area (Å²) in [6, 6.07) is 16.9. The highest BCUT2D eigenvalue weighted by Crippen LogP contribution is 2.26. The number of carbonyl (C=O) groups is 4. The van der Waals surface area contributed by atoms with Gasteiger partial charge in [-0.25, -0.2) is 9.69 Å². The van der Waals surface area contributed by atoms with Gasteiger partial charge in [0.05, 0.1) is 5.69 Å². The minimum atomic E-state index is -0.873. The van der Waals surface area contributed by atoms with E-state index < -0.39 is 23.8 Å². The van der Waals surface area contributed by atoms with Gasteiger partial charge < -0.3 is 10.1 Å². The molecule has 4 rings (SSSR count). The molecular formula is C26H19Cl2N3O5. The Labute approximate surface area is 216 Å². The van der Waals surface area contributed by atoms with Gasteiger partial charge >= 0.3 is 6.03 Å². The number of nitrogens with zero attached hydrogens (tertiary/aromatic N) is 1. The minimum absolute atomic E-state index is 0.248. The Balaban J connectivity index is 1.53. The lowest BCUT2D eigenvalue weighted by atomic mass is 10.1. The molecule has 0 atom stereocenters. The average Bonchev–Trinajstić information content (AvgIpc) is 2.84. The van der Waals surface area contributed by atoms with Crippen LogP contribution in [0.25, 0.3) is 6.08 Å². The van der Waals surface area contributed by atoms with E-state index in [1.165, 1.54) is 30.3 Å². The van der Waals surface area contributed by atoms with E-state index in [4.69, 9.17) is 27.9 Å². The maximum atomic E-state index is 13.1. The normalized spacial score (nSPS) is 14.6. The number of aryl methyl sites for hydroxylation is 1. The lowest BCUT2D eigenvalue weighted by molar-refractivity contribution is -0.122. The summed E-state index contributed by atoms with van der Waals surface area (Å²) in [5, 5.41) is 5.80. The second kappa shape index (κ2) is 10.6. The van der Waals surface area contributed by atoms with Crippen molar-refractivity contribution in [2.75, 3.05) is 16.8 Å². The van der Waals surface area contributed by atoms with Crippen LogP contribution in [0.4, 0.5) is 16.2 Å². The first-order chi connectivity index (χ1) is 17.2. The fourth-order valence-corrected chi connectivity index (χ4v) is 3.69. The van der Waals surface area contributed by atoms with Crippen molar-refractivity contribution in [3.8, 4) is 5.75 Å². The number of amides is 5. The number of ether oxygens (including phenoxy) is 1. The van der Waals surface area contributed by atoms with E-state index >= 15 is 0 Å². The zero-order chi connectivity index (χ0) is 25.8. The first-order valence-electron chi connectivity index (χ1n) is 10.7. The molecule has 2 N–H and O–H groups in total. The highest BCUT2D eigenvalue weighted by Gasteiger charge is 2.37. The SMILES string of the molecule is Cc1ccc(NC(=O)COc2ccccc2/C=C2/C(=O)NC(=O)N(c3ccc(Cl)cc3)C2=O)cc1Cl. The molecule has 5 amide bonds. The Kier molecular flexibility index (Phi) is 7.38. The number of rotatable bonds is 6. The van der Waals surface area contributed by atoms with Crippen molar-refractivity contribution in [1.29, 1.82) is 0 Å². The minimum Gasteiger partial charge on any atom is -0.483 e. The number of benzene rings is 3. The van der Waals surface area contributed by atoms with E-state index in [9.17, 15) is 19.2 Å². The molecule has 0 saturated carbocycles. The van der Waals surface area contributed by atoms with Crippen LogP contribution in [0.2, 0.25) is 10.0 Å². The molecule has 3 aromatic rings.